The van der Waals surface area contributed by atoms with E-state index in [-0.39, 0.29) is 11.5 Å². The maximum atomic E-state index is 13.3. The predicted octanol–water partition coefficient (Wildman–Crippen LogP) is 2.53. The van der Waals surface area contributed by atoms with Gasteiger partial charge in [-0.15, -0.1) is 0 Å². The van der Waals surface area contributed by atoms with E-state index in [9.17, 15) is 4.39 Å². The van der Waals surface area contributed by atoms with Crippen LogP contribution in [0.5, 0.6) is 0 Å². The third-order valence-electron chi connectivity index (χ3n) is 2.70. The van der Waals surface area contributed by atoms with Crippen molar-refractivity contribution in [3.8, 4) is 17.5 Å². The van der Waals surface area contributed by atoms with Gasteiger partial charge in [0.05, 0.1) is 0 Å². The van der Waals surface area contributed by atoms with Crippen molar-refractivity contribution in [3.63, 3.8) is 0 Å². The van der Waals surface area contributed by atoms with Crippen LogP contribution in [-0.4, -0.2) is 24.1 Å². The molecule has 2 rings (SSSR count). The van der Waals surface area contributed by atoms with Gasteiger partial charge in [-0.05, 0) is 30.7 Å². The second kappa shape index (κ2) is 5.02. The van der Waals surface area contributed by atoms with Crippen LogP contribution in [0, 0.1) is 24.1 Å². The maximum absolute atomic E-state index is 13.3. The molecule has 96 valence electrons. The minimum atomic E-state index is -0.270. The van der Waals surface area contributed by atoms with Crippen molar-refractivity contribution in [2.24, 2.45) is 0 Å². The molecule has 4 nitrogen and oxygen atoms in total. The molecule has 0 aliphatic heterocycles. The Hall–Kier alpha value is -2.48. The summed E-state index contributed by atoms with van der Waals surface area (Å²) < 4.78 is 13.3. The van der Waals surface area contributed by atoms with Gasteiger partial charge < -0.3 is 4.90 Å². The Balaban J connectivity index is 2.58. The average Bonchev–Trinajstić information content (AvgIpc) is 2.41. The van der Waals surface area contributed by atoms with Crippen molar-refractivity contribution in [1.82, 2.24) is 9.97 Å². The summed E-state index contributed by atoms with van der Waals surface area (Å²) in [7, 11) is 3.67. The molecule has 0 bridgehead atoms. The topological polar surface area (TPSA) is 52.8 Å². The van der Waals surface area contributed by atoms with Crippen molar-refractivity contribution >= 4 is 5.82 Å². The fraction of sp³-hybridized carbons (Fsp3) is 0.214. The van der Waals surface area contributed by atoms with Gasteiger partial charge in [0.15, 0.2) is 5.82 Å². The molecule has 0 N–H and O–H groups in total. The standard InChI is InChI=1S/C14H13FN4/c1-9-6-10(4-5-12(9)15)14-17-11(8-16)7-13(18-14)19(2)3/h4-7H,1-3H3. The van der Waals surface area contributed by atoms with Gasteiger partial charge in [-0.1, -0.05) is 0 Å². The Labute approximate surface area is 111 Å². The summed E-state index contributed by atoms with van der Waals surface area (Å²) in [5.74, 6) is 0.794. The first-order chi connectivity index (χ1) is 9.01. The number of hydrogen-bond acceptors (Lipinski definition) is 4. The zero-order valence-corrected chi connectivity index (χ0v) is 11.0. The summed E-state index contributed by atoms with van der Waals surface area (Å²) in [5.41, 5.74) is 1.50. The Morgan fingerprint density at radius 2 is 1.95 bits per heavy atom. The van der Waals surface area contributed by atoms with Gasteiger partial charge in [0.1, 0.15) is 23.4 Å². The molecular formula is C14H13FN4. The van der Waals surface area contributed by atoms with E-state index < -0.39 is 0 Å². The summed E-state index contributed by atoms with van der Waals surface area (Å²) in [5, 5.41) is 9.00. The van der Waals surface area contributed by atoms with E-state index >= 15 is 0 Å². The van der Waals surface area contributed by atoms with Crippen molar-refractivity contribution in [3.05, 3.63) is 41.3 Å². The number of aromatic nitrogens is 2. The largest absolute Gasteiger partial charge is 0.363 e. The monoisotopic (exact) mass is 256 g/mol. The summed E-state index contributed by atoms with van der Waals surface area (Å²) in [6.07, 6.45) is 0. The number of nitriles is 1. The molecule has 0 aliphatic rings. The Morgan fingerprint density at radius 3 is 2.53 bits per heavy atom. The number of aryl methyl sites for hydroxylation is 1. The lowest BCUT2D eigenvalue weighted by molar-refractivity contribution is 0.618. The first kappa shape index (κ1) is 13.0. The van der Waals surface area contributed by atoms with Crippen molar-refractivity contribution in [1.29, 1.82) is 5.26 Å². The highest BCUT2D eigenvalue weighted by Gasteiger charge is 2.09. The van der Waals surface area contributed by atoms with E-state index in [1.807, 2.05) is 20.2 Å². The third-order valence-corrected chi connectivity index (χ3v) is 2.70. The van der Waals surface area contributed by atoms with Crippen molar-refractivity contribution in [2.75, 3.05) is 19.0 Å². The molecule has 0 aliphatic carbocycles. The molecule has 5 heteroatoms. The summed E-state index contributed by atoms with van der Waals surface area (Å²) in [4.78, 5) is 10.3. The molecule has 0 fully saturated rings. The zero-order valence-electron chi connectivity index (χ0n) is 11.0. The van der Waals surface area contributed by atoms with Crippen LogP contribution in [0.15, 0.2) is 24.3 Å². The molecule has 1 heterocycles. The maximum Gasteiger partial charge on any atom is 0.163 e. The summed E-state index contributed by atoms with van der Waals surface area (Å²) in [6.45, 7) is 1.68. The lowest BCUT2D eigenvalue weighted by Gasteiger charge is -2.12. The summed E-state index contributed by atoms with van der Waals surface area (Å²) in [6, 6.07) is 8.28. The van der Waals surface area contributed by atoms with Gasteiger partial charge >= 0.3 is 0 Å². The molecule has 1 aromatic heterocycles. The van der Waals surface area contributed by atoms with Gasteiger partial charge in [0.25, 0.3) is 0 Å². The molecule has 0 saturated heterocycles. The lowest BCUT2D eigenvalue weighted by atomic mass is 10.1. The average molecular weight is 256 g/mol. The highest BCUT2D eigenvalue weighted by atomic mass is 19.1. The smallest absolute Gasteiger partial charge is 0.163 e. The summed E-state index contributed by atoms with van der Waals surface area (Å²) >= 11 is 0. The molecular weight excluding hydrogens is 243 g/mol. The number of benzene rings is 1. The molecule has 0 spiro atoms. The highest BCUT2D eigenvalue weighted by molar-refractivity contribution is 5.59. The minimum Gasteiger partial charge on any atom is -0.363 e. The number of anilines is 1. The quantitative estimate of drug-likeness (QED) is 0.828. The van der Waals surface area contributed by atoms with E-state index in [1.54, 1.807) is 30.0 Å². The van der Waals surface area contributed by atoms with Crippen LogP contribution in [0.4, 0.5) is 10.2 Å². The van der Waals surface area contributed by atoms with E-state index in [4.69, 9.17) is 5.26 Å². The molecule has 0 saturated carbocycles. The second-order valence-corrected chi connectivity index (χ2v) is 4.41. The molecule has 1 aromatic carbocycles. The first-order valence-corrected chi connectivity index (χ1v) is 5.74. The molecule has 0 atom stereocenters. The fourth-order valence-electron chi connectivity index (χ4n) is 1.63. The SMILES string of the molecule is Cc1cc(-c2nc(C#N)cc(N(C)C)n2)ccc1F. The van der Waals surface area contributed by atoms with E-state index in [0.717, 1.165) is 0 Å². The number of halogens is 1. The zero-order chi connectivity index (χ0) is 14.0. The molecule has 2 aromatic rings. The molecule has 19 heavy (non-hydrogen) atoms. The van der Waals surface area contributed by atoms with Crippen LogP contribution in [0.1, 0.15) is 11.3 Å². The minimum absolute atomic E-state index is 0.270. The molecule has 0 unspecified atom stereocenters. The van der Waals surface area contributed by atoms with E-state index in [0.29, 0.717) is 22.8 Å². The van der Waals surface area contributed by atoms with Crippen LogP contribution in [-0.2, 0) is 0 Å². The van der Waals surface area contributed by atoms with Gasteiger partial charge in [-0.2, -0.15) is 5.26 Å². The number of hydrogen-bond donors (Lipinski definition) is 0. The van der Waals surface area contributed by atoms with E-state index in [2.05, 4.69) is 9.97 Å². The normalized spacial score (nSPS) is 10.1. The fourth-order valence-corrected chi connectivity index (χ4v) is 1.63. The van der Waals surface area contributed by atoms with Gasteiger partial charge in [0, 0.05) is 25.7 Å². The van der Waals surface area contributed by atoms with Gasteiger partial charge in [0.2, 0.25) is 0 Å². The number of rotatable bonds is 2. The van der Waals surface area contributed by atoms with Gasteiger partial charge in [-0.3, -0.25) is 0 Å². The van der Waals surface area contributed by atoms with Crippen LogP contribution < -0.4 is 4.90 Å². The first-order valence-electron chi connectivity index (χ1n) is 5.74. The van der Waals surface area contributed by atoms with Crippen LogP contribution >= 0.6 is 0 Å². The molecule has 0 radical (unpaired) electrons. The van der Waals surface area contributed by atoms with Crippen LogP contribution in [0.2, 0.25) is 0 Å². The Kier molecular flexibility index (Phi) is 3.43. The Morgan fingerprint density at radius 1 is 1.21 bits per heavy atom. The third kappa shape index (κ3) is 2.68. The second-order valence-electron chi connectivity index (χ2n) is 4.41. The van der Waals surface area contributed by atoms with Crippen molar-refractivity contribution in [2.45, 2.75) is 6.92 Å². The van der Waals surface area contributed by atoms with E-state index in [1.165, 1.54) is 6.07 Å². The van der Waals surface area contributed by atoms with Gasteiger partial charge in [-0.25, -0.2) is 14.4 Å². The predicted molar refractivity (Wildman–Crippen MR) is 71.2 cm³/mol. The van der Waals surface area contributed by atoms with Crippen molar-refractivity contribution < 1.29 is 4.39 Å². The highest BCUT2D eigenvalue weighted by Crippen LogP contribution is 2.21. The van der Waals surface area contributed by atoms with Crippen LogP contribution in [0.25, 0.3) is 11.4 Å². The Bertz CT molecular complexity index is 659. The van der Waals surface area contributed by atoms with Crippen LogP contribution in [0.3, 0.4) is 0 Å². The number of nitrogens with zero attached hydrogens (tertiary/aromatic N) is 4. The molecule has 0 amide bonds. The lowest BCUT2D eigenvalue weighted by Crippen LogP contribution is -2.12.